The molecule has 1 aromatic carbocycles. The van der Waals surface area contributed by atoms with Crippen LogP contribution in [0.5, 0.6) is 0 Å². The fraction of sp³-hybridized carbons (Fsp3) is 0.333. The van der Waals surface area contributed by atoms with Gasteiger partial charge in [0.05, 0.1) is 6.61 Å². The van der Waals surface area contributed by atoms with Crippen LogP contribution >= 0.6 is 27.0 Å². The molecule has 108 valence electrons. The second kappa shape index (κ2) is 11.4. The molecule has 0 radical (unpaired) electrons. The first-order chi connectivity index (χ1) is 8.71. The van der Waals surface area contributed by atoms with Crippen LogP contribution in [0.3, 0.4) is 0 Å². The standard InChI is InChI=1S/C9H14O7P2S.2Na/c10-17(11,12)9(18(13,14)15)16-6-7-19-8-4-2-1-3-5-8;;/h1-5,9H,6-7H2,(H2,10,11,12)(H2,13,14,15);;/q;2*+1/p-2. The van der Waals surface area contributed by atoms with Crippen LogP contribution in [0.25, 0.3) is 0 Å². The van der Waals surface area contributed by atoms with Crippen molar-refractivity contribution < 1.29 is 92.6 Å². The number of thioether (sulfide) groups is 1. The first-order valence-electron chi connectivity index (χ1n) is 5.07. The van der Waals surface area contributed by atoms with Gasteiger partial charge in [-0.2, -0.15) is 0 Å². The van der Waals surface area contributed by atoms with E-state index in [-0.39, 0.29) is 71.5 Å². The van der Waals surface area contributed by atoms with Crippen molar-refractivity contribution in [3.05, 3.63) is 30.3 Å². The fourth-order valence-corrected chi connectivity index (χ4v) is 4.03. The predicted octanol–water partition coefficient (Wildman–Crippen LogP) is -5.82. The molecule has 1 aromatic rings. The SMILES string of the molecule is O=P([O-])([O-])C(OCCSc1ccccc1)P(=O)(O)O.[Na+].[Na+]. The largest absolute Gasteiger partial charge is 1.00 e. The maximum absolute atomic E-state index is 10.8. The van der Waals surface area contributed by atoms with E-state index < -0.39 is 20.8 Å². The Labute approximate surface area is 171 Å². The predicted molar refractivity (Wildman–Crippen MR) is 66.6 cm³/mol. The number of hydrogen-bond donors (Lipinski definition) is 2. The summed E-state index contributed by atoms with van der Waals surface area (Å²) >= 11 is 1.31. The summed E-state index contributed by atoms with van der Waals surface area (Å²) < 4.78 is 26.0. The zero-order valence-electron chi connectivity index (χ0n) is 11.6. The van der Waals surface area contributed by atoms with Crippen LogP contribution in [-0.4, -0.2) is 27.7 Å². The molecule has 21 heavy (non-hydrogen) atoms. The van der Waals surface area contributed by atoms with Crippen molar-refractivity contribution in [2.75, 3.05) is 12.4 Å². The monoisotopic (exact) mass is 372 g/mol. The zero-order valence-corrected chi connectivity index (χ0v) is 18.2. The topological polar surface area (TPSA) is 130 Å². The van der Waals surface area contributed by atoms with Gasteiger partial charge in [-0.1, -0.05) is 18.2 Å². The van der Waals surface area contributed by atoms with E-state index in [0.29, 0.717) is 0 Å². The maximum Gasteiger partial charge on any atom is 1.00 e. The molecule has 0 spiro atoms. The summed E-state index contributed by atoms with van der Waals surface area (Å²) in [5.74, 6) is 0.264. The molecule has 0 aliphatic rings. The van der Waals surface area contributed by atoms with Crippen LogP contribution in [0, 0.1) is 0 Å². The van der Waals surface area contributed by atoms with Crippen molar-refractivity contribution in [3.8, 4) is 0 Å². The molecule has 0 aliphatic heterocycles. The molecule has 0 amide bonds. The van der Waals surface area contributed by atoms with Gasteiger partial charge in [-0.25, -0.2) is 0 Å². The average Bonchev–Trinajstić information content (AvgIpc) is 2.26. The third kappa shape index (κ3) is 10.3. The van der Waals surface area contributed by atoms with E-state index in [2.05, 4.69) is 4.74 Å². The molecule has 0 aliphatic carbocycles. The van der Waals surface area contributed by atoms with E-state index >= 15 is 0 Å². The minimum absolute atomic E-state index is 0. The Hall–Kier alpha value is 1.83. The molecule has 0 saturated carbocycles. The second-order valence-electron chi connectivity index (χ2n) is 3.49. The fourth-order valence-electron chi connectivity index (χ4n) is 1.20. The third-order valence-electron chi connectivity index (χ3n) is 1.92. The van der Waals surface area contributed by atoms with Crippen molar-refractivity contribution in [1.82, 2.24) is 0 Å². The summed E-state index contributed by atoms with van der Waals surface area (Å²) in [6.45, 7) is -0.260. The van der Waals surface area contributed by atoms with Crippen molar-refractivity contribution in [2.24, 2.45) is 0 Å². The third-order valence-corrected chi connectivity index (χ3v) is 6.06. The Balaban J connectivity index is 0. The van der Waals surface area contributed by atoms with Crippen LogP contribution in [0.1, 0.15) is 0 Å². The molecule has 7 nitrogen and oxygen atoms in total. The van der Waals surface area contributed by atoms with Gasteiger partial charge >= 0.3 is 66.7 Å². The van der Waals surface area contributed by atoms with Gasteiger partial charge in [-0.05, 0) is 19.7 Å². The van der Waals surface area contributed by atoms with Crippen molar-refractivity contribution >= 4 is 27.0 Å². The molecular weight excluding hydrogens is 360 g/mol. The molecule has 0 fully saturated rings. The van der Waals surface area contributed by atoms with E-state index in [1.807, 2.05) is 30.3 Å². The van der Waals surface area contributed by atoms with Gasteiger partial charge in [0.1, 0.15) is 0 Å². The number of hydrogen-bond acceptors (Lipinski definition) is 6. The Morgan fingerprint density at radius 3 is 2.10 bits per heavy atom. The minimum Gasteiger partial charge on any atom is -0.808 e. The molecule has 0 saturated heterocycles. The van der Waals surface area contributed by atoms with Crippen LogP contribution in [-0.2, 0) is 13.9 Å². The van der Waals surface area contributed by atoms with Crippen LogP contribution in [0.4, 0.5) is 0 Å². The molecule has 1 atom stereocenters. The van der Waals surface area contributed by atoms with Crippen LogP contribution < -0.4 is 68.9 Å². The van der Waals surface area contributed by atoms with Gasteiger partial charge in [0.25, 0.3) is 0 Å². The number of rotatable bonds is 7. The molecule has 12 heteroatoms. The Bertz CT molecular complexity index is 470. The second-order valence-corrected chi connectivity index (χ2v) is 8.26. The summed E-state index contributed by atoms with van der Waals surface area (Å²) in [5.41, 5.74) is -2.61. The summed E-state index contributed by atoms with van der Waals surface area (Å²) in [6.07, 6.45) is 0. The molecule has 0 aromatic heterocycles. The Kier molecular flexibility index (Phi) is 13.6. The molecule has 0 heterocycles. The Morgan fingerprint density at radius 1 is 1.14 bits per heavy atom. The zero-order chi connectivity index (χ0) is 14.5. The average molecular weight is 372 g/mol. The van der Waals surface area contributed by atoms with Gasteiger partial charge in [0, 0.05) is 10.6 Å². The molecule has 0 bridgehead atoms. The van der Waals surface area contributed by atoms with E-state index in [1.165, 1.54) is 11.8 Å². The molecule has 1 rings (SSSR count). The maximum atomic E-state index is 10.8. The van der Waals surface area contributed by atoms with Crippen molar-refractivity contribution in [2.45, 2.75) is 10.5 Å². The molecule has 2 N–H and O–H groups in total. The van der Waals surface area contributed by atoms with Crippen molar-refractivity contribution in [1.29, 1.82) is 0 Å². The molecule has 1 unspecified atom stereocenters. The van der Waals surface area contributed by atoms with Crippen LogP contribution in [0.2, 0.25) is 0 Å². The minimum atomic E-state index is -5.50. The summed E-state index contributed by atoms with van der Waals surface area (Å²) in [6, 6.07) is 9.08. The van der Waals surface area contributed by atoms with E-state index in [1.54, 1.807) is 0 Å². The van der Waals surface area contributed by atoms with Gasteiger partial charge < -0.3 is 28.9 Å². The summed E-state index contributed by atoms with van der Waals surface area (Å²) in [4.78, 5) is 39.7. The quantitative estimate of drug-likeness (QED) is 0.210. The molecular formula is C9H12Na2O7P2S. The van der Waals surface area contributed by atoms with E-state index in [4.69, 9.17) is 9.79 Å². The van der Waals surface area contributed by atoms with Gasteiger partial charge in [0.15, 0.2) is 5.59 Å². The van der Waals surface area contributed by atoms with E-state index in [9.17, 15) is 18.9 Å². The van der Waals surface area contributed by atoms with E-state index in [0.717, 1.165) is 4.90 Å². The van der Waals surface area contributed by atoms with Gasteiger partial charge in [0.2, 0.25) is 0 Å². The summed E-state index contributed by atoms with van der Waals surface area (Å²) in [7, 11) is -10.6. The smallest absolute Gasteiger partial charge is 0.808 e. The number of benzene rings is 1. The number of ether oxygens (including phenoxy) is 1. The van der Waals surface area contributed by atoms with Gasteiger partial charge in [-0.15, -0.1) is 11.8 Å². The van der Waals surface area contributed by atoms with Gasteiger partial charge in [-0.3, -0.25) is 4.57 Å². The van der Waals surface area contributed by atoms with Crippen molar-refractivity contribution in [3.63, 3.8) is 0 Å². The first-order valence-corrected chi connectivity index (χ1v) is 9.35. The normalized spacial score (nSPS) is 13.0. The summed E-state index contributed by atoms with van der Waals surface area (Å²) in [5, 5.41) is 0. The first kappa shape index (κ1) is 25.1. The van der Waals surface area contributed by atoms with Crippen LogP contribution in [0.15, 0.2) is 35.2 Å². The Morgan fingerprint density at radius 2 is 1.67 bits per heavy atom.